The summed E-state index contributed by atoms with van der Waals surface area (Å²) in [5.41, 5.74) is -2.15. The number of rotatable bonds is 2. The summed E-state index contributed by atoms with van der Waals surface area (Å²) < 4.78 is 49.9. The van der Waals surface area contributed by atoms with Crippen LogP contribution in [0.1, 0.15) is 13.8 Å². The van der Waals surface area contributed by atoms with E-state index in [9.17, 15) is 17.6 Å². The van der Waals surface area contributed by atoms with E-state index in [1.54, 1.807) is 0 Å². The van der Waals surface area contributed by atoms with E-state index in [2.05, 4.69) is 10.3 Å². The Balaban J connectivity index is 2.87. The number of nitrogens with one attached hydrogen (secondary N) is 1. The number of nitrogens with zero attached hydrogens (tertiary/aromatic N) is 1. The second-order valence-corrected chi connectivity index (χ2v) is 3.59. The molecule has 0 amide bonds. The molecule has 1 rings (SSSR count). The normalized spacial score (nSPS) is 12.7. The van der Waals surface area contributed by atoms with E-state index in [-0.39, 0.29) is 5.82 Å². The number of anilines is 1. The van der Waals surface area contributed by atoms with Gasteiger partial charge in [-0.2, -0.15) is 17.6 Å². The van der Waals surface area contributed by atoms with Crippen LogP contribution in [0.15, 0.2) is 18.2 Å². The van der Waals surface area contributed by atoms with Crippen LogP contribution in [0.25, 0.3) is 0 Å². The van der Waals surface area contributed by atoms with E-state index in [1.807, 2.05) is 0 Å². The summed E-state index contributed by atoms with van der Waals surface area (Å²) in [6.45, 7) is 1.92. The predicted octanol–water partition coefficient (Wildman–Crippen LogP) is 2.97. The van der Waals surface area contributed by atoms with Crippen molar-refractivity contribution >= 4 is 5.82 Å². The lowest BCUT2D eigenvalue weighted by Gasteiger charge is -2.29. The summed E-state index contributed by atoms with van der Waals surface area (Å²) in [6, 6.07) is 3.62. The Hall–Kier alpha value is -1.33. The molecule has 0 aromatic carbocycles. The molecular formula is C9H10F4N2. The zero-order valence-electron chi connectivity index (χ0n) is 8.19. The molecule has 0 aliphatic carbocycles. The van der Waals surface area contributed by atoms with Crippen molar-refractivity contribution in [3.8, 4) is 0 Å². The molecule has 6 heteroatoms. The smallest absolute Gasteiger partial charge is 0.357 e. The number of pyridine rings is 1. The van der Waals surface area contributed by atoms with Crippen LogP contribution >= 0.6 is 0 Å². The van der Waals surface area contributed by atoms with E-state index in [0.29, 0.717) is 0 Å². The highest BCUT2D eigenvalue weighted by Crippen LogP contribution is 2.32. The monoisotopic (exact) mass is 222 g/mol. The number of alkyl halides is 3. The van der Waals surface area contributed by atoms with Crippen LogP contribution in [0.4, 0.5) is 23.4 Å². The molecule has 84 valence electrons. The lowest BCUT2D eigenvalue weighted by Crippen LogP contribution is -2.46. The molecule has 0 bridgehead atoms. The minimum atomic E-state index is -4.43. The fourth-order valence-electron chi connectivity index (χ4n) is 0.869. The van der Waals surface area contributed by atoms with Crippen molar-refractivity contribution < 1.29 is 17.6 Å². The van der Waals surface area contributed by atoms with Crippen LogP contribution in [0.5, 0.6) is 0 Å². The second kappa shape index (κ2) is 3.67. The SMILES string of the molecule is CC(C)(Nc1cccc(F)n1)C(F)(F)F. The Bertz CT molecular complexity index is 346. The fraction of sp³-hybridized carbons (Fsp3) is 0.444. The second-order valence-electron chi connectivity index (χ2n) is 3.59. The Morgan fingerprint density at radius 3 is 2.27 bits per heavy atom. The van der Waals surface area contributed by atoms with Gasteiger partial charge in [0, 0.05) is 0 Å². The molecule has 0 aliphatic heterocycles. The van der Waals surface area contributed by atoms with E-state index in [4.69, 9.17) is 0 Å². The molecule has 0 radical (unpaired) electrons. The van der Waals surface area contributed by atoms with Gasteiger partial charge in [0.1, 0.15) is 11.4 Å². The van der Waals surface area contributed by atoms with Crippen LogP contribution < -0.4 is 5.32 Å². The first kappa shape index (κ1) is 11.7. The summed E-state index contributed by atoms with van der Waals surface area (Å²) in [6.07, 6.45) is -4.43. The van der Waals surface area contributed by atoms with Gasteiger partial charge in [-0.1, -0.05) is 6.07 Å². The third-order valence-corrected chi connectivity index (χ3v) is 1.86. The highest BCUT2D eigenvalue weighted by molar-refractivity contribution is 5.37. The number of aromatic nitrogens is 1. The van der Waals surface area contributed by atoms with Gasteiger partial charge in [-0.05, 0) is 26.0 Å². The number of hydrogen-bond donors (Lipinski definition) is 1. The summed E-state index contributed by atoms with van der Waals surface area (Å²) in [7, 11) is 0. The molecule has 1 heterocycles. The van der Waals surface area contributed by atoms with Gasteiger partial charge in [0.05, 0.1) is 0 Å². The van der Waals surface area contributed by atoms with Gasteiger partial charge in [-0.15, -0.1) is 0 Å². The largest absolute Gasteiger partial charge is 0.410 e. The van der Waals surface area contributed by atoms with Crippen LogP contribution in [0.3, 0.4) is 0 Å². The number of hydrogen-bond acceptors (Lipinski definition) is 2. The van der Waals surface area contributed by atoms with Crippen molar-refractivity contribution in [3.63, 3.8) is 0 Å². The average molecular weight is 222 g/mol. The van der Waals surface area contributed by atoms with Gasteiger partial charge in [-0.3, -0.25) is 0 Å². The molecule has 15 heavy (non-hydrogen) atoms. The quantitative estimate of drug-likeness (QED) is 0.614. The zero-order chi connectivity index (χ0) is 11.7. The lowest BCUT2D eigenvalue weighted by atomic mass is 10.1. The molecule has 0 spiro atoms. The van der Waals surface area contributed by atoms with Crippen molar-refractivity contribution in [1.82, 2.24) is 4.98 Å². The minimum absolute atomic E-state index is 0.141. The van der Waals surface area contributed by atoms with E-state index in [0.717, 1.165) is 19.9 Å². The van der Waals surface area contributed by atoms with Gasteiger partial charge < -0.3 is 5.32 Å². The Kier molecular flexibility index (Phi) is 2.88. The molecule has 0 aliphatic rings. The van der Waals surface area contributed by atoms with Gasteiger partial charge in [0.25, 0.3) is 0 Å². The van der Waals surface area contributed by atoms with Gasteiger partial charge in [0.2, 0.25) is 5.95 Å². The first-order chi connectivity index (χ1) is 6.72. The third kappa shape index (κ3) is 2.81. The summed E-state index contributed by atoms with van der Waals surface area (Å²) in [5, 5.41) is 2.12. The van der Waals surface area contributed by atoms with Gasteiger partial charge in [0.15, 0.2) is 0 Å². The molecule has 0 saturated carbocycles. The fourth-order valence-corrected chi connectivity index (χ4v) is 0.869. The van der Waals surface area contributed by atoms with Crippen LogP contribution in [0, 0.1) is 5.95 Å². The predicted molar refractivity (Wildman–Crippen MR) is 48.0 cm³/mol. The first-order valence-electron chi connectivity index (χ1n) is 4.20. The Morgan fingerprint density at radius 1 is 1.20 bits per heavy atom. The van der Waals surface area contributed by atoms with Gasteiger partial charge in [-0.25, -0.2) is 4.98 Å². The first-order valence-corrected chi connectivity index (χ1v) is 4.20. The van der Waals surface area contributed by atoms with E-state index in [1.165, 1.54) is 12.1 Å². The van der Waals surface area contributed by atoms with Crippen molar-refractivity contribution in [2.45, 2.75) is 25.6 Å². The zero-order valence-corrected chi connectivity index (χ0v) is 8.19. The van der Waals surface area contributed by atoms with Gasteiger partial charge >= 0.3 is 6.18 Å². The van der Waals surface area contributed by atoms with E-state index >= 15 is 0 Å². The molecule has 1 N–H and O–H groups in total. The topological polar surface area (TPSA) is 24.9 Å². The van der Waals surface area contributed by atoms with Crippen LogP contribution in [-0.2, 0) is 0 Å². The number of halogens is 4. The minimum Gasteiger partial charge on any atom is -0.357 e. The van der Waals surface area contributed by atoms with Crippen LogP contribution in [0.2, 0.25) is 0 Å². The Labute approximate surface area is 84.3 Å². The highest BCUT2D eigenvalue weighted by Gasteiger charge is 2.47. The lowest BCUT2D eigenvalue weighted by molar-refractivity contribution is -0.168. The summed E-state index contributed by atoms with van der Waals surface area (Å²) >= 11 is 0. The molecule has 1 aromatic rings. The maximum absolute atomic E-state index is 12.6. The standard InChI is InChI=1S/C9H10F4N2/c1-8(2,9(11,12)13)15-7-5-3-4-6(10)14-7/h3-5H,1-2H3,(H,14,15). The molecular weight excluding hydrogens is 212 g/mol. The molecule has 2 nitrogen and oxygen atoms in total. The van der Waals surface area contributed by atoms with Crippen LogP contribution in [-0.4, -0.2) is 16.7 Å². The summed E-state index contributed by atoms with van der Waals surface area (Å²) in [4.78, 5) is 3.29. The molecule has 0 fully saturated rings. The average Bonchev–Trinajstić information content (AvgIpc) is 2.00. The highest BCUT2D eigenvalue weighted by atomic mass is 19.4. The van der Waals surface area contributed by atoms with Crippen molar-refractivity contribution in [2.75, 3.05) is 5.32 Å². The maximum atomic E-state index is 12.6. The summed E-state index contributed by atoms with van der Waals surface area (Å²) in [5.74, 6) is -0.963. The van der Waals surface area contributed by atoms with Crippen molar-refractivity contribution in [1.29, 1.82) is 0 Å². The van der Waals surface area contributed by atoms with Crippen molar-refractivity contribution in [2.24, 2.45) is 0 Å². The maximum Gasteiger partial charge on any atom is 0.410 e. The Morgan fingerprint density at radius 2 is 1.80 bits per heavy atom. The van der Waals surface area contributed by atoms with E-state index < -0.39 is 17.7 Å². The molecule has 0 saturated heterocycles. The molecule has 0 atom stereocenters. The molecule has 0 unspecified atom stereocenters. The molecule has 1 aromatic heterocycles. The third-order valence-electron chi connectivity index (χ3n) is 1.86. The van der Waals surface area contributed by atoms with Crippen molar-refractivity contribution in [3.05, 3.63) is 24.1 Å².